The Labute approximate surface area is 122 Å². The first-order valence-corrected chi connectivity index (χ1v) is 6.98. The predicted octanol–water partition coefficient (Wildman–Crippen LogP) is 1.98. The minimum atomic E-state index is -0.861. The van der Waals surface area contributed by atoms with Crippen molar-refractivity contribution in [2.75, 3.05) is 11.4 Å². The van der Waals surface area contributed by atoms with Crippen LogP contribution in [0.15, 0.2) is 0 Å². The highest BCUT2D eigenvalue weighted by atomic mass is 16.6. The van der Waals surface area contributed by atoms with E-state index in [0.717, 1.165) is 0 Å². The molecule has 1 N–H and O–H groups in total. The molecule has 2 unspecified atom stereocenters. The Morgan fingerprint density at radius 2 is 2.14 bits per heavy atom. The number of carboxylic acids is 1. The van der Waals surface area contributed by atoms with Gasteiger partial charge in [0.15, 0.2) is 0 Å². The molecule has 0 spiro atoms. The van der Waals surface area contributed by atoms with Crippen LogP contribution in [0, 0.1) is 23.0 Å². The predicted molar refractivity (Wildman–Crippen MR) is 76.6 cm³/mol. The average molecular weight is 296 g/mol. The Morgan fingerprint density at radius 3 is 2.57 bits per heavy atom. The standard InChI is InChI=1S/C13H20N4O4/c1-7(2)16-12(11(17(20)21)8(3)14-16)15-6-5-10(9(15)4)13(18)19/h7,9-10H,5-6H2,1-4H3,(H,18,19). The number of hydrogen-bond donors (Lipinski definition) is 1. The second-order valence-corrected chi connectivity index (χ2v) is 5.72. The zero-order chi connectivity index (χ0) is 15.9. The summed E-state index contributed by atoms with van der Waals surface area (Å²) in [4.78, 5) is 24.0. The maximum absolute atomic E-state index is 11.4. The van der Waals surface area contributed by atoms with Gasteiger partial charge in [0.05, 0.1) is 10.8 Å². The van der Waals surface area contributed by atoms with Gasteiger partial charge in [0, 0.05) is 18.6 Å². The van der Waals surface area contributed by atoms with Crippen molar-refractivity contribution in [1.29, 1.82) is 0 Å². The van der Waals surface area contributed by atoms with E-state index in [4.69, 9.17) is 0 Å². The van der Waals surface area contributed by atoms with Crippen molar-refractivity contribution in [1.82, 2.24) is 9.78 Å². The van der Waals surface area contributed by atoms with Crippen molar-refractivity contribution >= 4 is 17.5 Å². The van der Waals surface area contributed by atoms with E-state index in [1.165, 1.54) is 0 Å². The van der Waals surface area contributed by atoms with Gasteiger partial charge in [-0.05, 0) is 34.1 Å². The zero-order valence-corrected chi connectivity index (χ0v) is 12.6. The number of nitro groups is 1. The summed E-state index contributed by atoms with van der Waals surface area (Å²) in [6.45, 7) is 7.68. The third-order valence-electron chi connectivity index (χ3n) is 4.05. The van der Waals surface area contributed by atoms with Gasteiger partial charge in [0.25, 0.3) is 0 Å². The lowest BCUT2D eigenvalue weighted by molar-refractivity contribution is -0.384. The van der Waals surface area contributed by atoms with E-state index >= 15 is 0 Å². The lowest BCUT2D eigenvalue weighted by Gasteiger charge is -2.26. The van der Waals surface area contributed by atoms with E-state index < -0.39 is 16.8 Å². The molecule has 2 atom stereocenters. The summed E-state index contributed by atoms with van der Waals surface area (Å²) in [5, 5.41) is 24.9. The largest absolute Gasteiger partial charge is 0.481 e. The van der Waals surface area contributed by atoms with E-state index in [1.54, 1.807) is 23.4 Å². The highest BCUT2D eigenvalue weighted by molar-refractivity contribution is 5.74. The molecule has 0 aromatic carbocycles. The molecule has 8 heteroatoms. The number of hydrogen-bond acceptors (Lipinski definition) is 5. The van der Waals surface area contributed by atoms with Crippen molar-refractivity contribution in [3.05, 3.63) is 15.8 Å². The fourth-order valence-electron chi connectivity index (χ4n) is 2.94. The van der Waals surface area contributed by atoms with E-state index in [1.807, 2.05) is 13.8 Å². The Balaban J connectivity index is 2.53. The molecule has 1 aromatic rings. The molecule has 0 amide bonds. The minimum absolute atomic E-state index is 0.0263. The van der Waals surface area contributed by atoms with E-state index in [0.29, 0.717) is 24.5 Å². The van der Waals surface area contributed by atoms with Gasteiger partial charge in [-0.25, -0.2) is 4.68 Å². The average Bonchev–Trinajstić information content (AvgIpc) is 2.89. The number of carboxylic acid groups (broad SMARTS) is 1. The zero-order valence-electron chi connectivity index (χ0n) is 12.6. The fourth-order valence-corrected chi connectivity index (χ4v) is 2.94. The highest BCUT2D eigenvalue weighted by Crippen LogP contribution is 2.39. The Kier molecular flexibility index (Phi) is 3.89. The first kappa shape index (κ1) is 15.3. The Morgan fingerprint density at radius 1 is 1.52 bits per heavy atom. The molecule has 1 aliphatic rings. The highest BCUT2D eigenvalue weighted by Gasteiger charge is 2.41. The smallest absolute Gasteiger partial charge is 0.333 e. The number of aryl methyl sites for hydroxylation is 1. The van der Waals surface area contributed by atoms with Crippen LogP contribution in [0.5, 0.6) is 0 Å². The van der Waals surface area contributed by atoms with Gasteiger partial charge in [-0.1, -0.05) is 0 Å². The van der Waals surface area contributed by atoms with Crippen LogP contribution in [0.4, 0.5) is 11.5 Å². The Bertz CT molecular complexity index is 581. The van der Waals surface area contributed by atoms with Crippen LogP contribution >= 0.6 is 0 Å². The van der Waals surface area contributed by atoms with Crippen molar-refractivity contribution < 1.29 is 14.8 Å². The number of nitrogens with zero attached hydrogens (tertiary/aromatic N) is 4. The third kappa shape index (κ3) is 2.45. The molecule has 2 rings (SSSR count). The van der Waals surface area contributed by atoms with Gasteiger partial charge in [-0.15, -0.1) is 0 Å². The van der Waals surface area contributed by atoms with Crippen molar-refractivity contribution in [3.8, 4) is 0 Å². The van der Waals surface area contributed by atoms with Crippen LogP contribution < -0.4 is 4.90 Å². The first-order valence-electron chi connectivity index (χ1n) is 6.98. The topological polar surface area (TPSA) is 102 Å². The molecule has 2 heterocycles. The quantitative estimate of drug-likeness (QED) is 0.673. The van der Waals surface area contributed by atoms with Gasteiger partial charge in [-0.2, -0.15) is 5.10 Å². The maximum atomic E-state index is 11.4. The molecule has 0 saturated carbocycles. The van der Waals surface area contributed by atoms with Gasteiger partial charge in [0.1, 0.15) is 5.69 Å². The molecule has 0 bridgehead atoms. The van der Waals surface area contributed by atoms with Gasteiger partial charge in [0.2, 0.25) is 5.82 Å². The number of carbonyl (C=O) groups is 1. The number of rotatable bonds is 4. The SMILES string of the molecule is Cc1nn(C(C)C)c(N2CCC(C(=O)O)C2C)c1[N+](=O)[O-]. The Hall–Kier alpha value is -2.12. The second-order valence-electron chi connectivity index (χ2n) is 5.72. The van der Waals surface area contributed by atoms with Crippen molar-refractivity contribution in [2.24, 2.45) is 5.92 Å². The molecule has 0 aliphatic carbocycles. The molecule has 1 aromatic heterocycles. The molecular weight excluding hydrogens is 276 g/mol. The van der Waals surface area contributed by atoms with Crippen LogP contribution in [-0.4, -0.2) is 38.4 Å². The minimum Gasteiger partial charge on any atom is -0.481 e. The summed E-state index contributed by atoms with van der Waals surface area (Å²) in [6, 6.07) is -0.335. The first-order chi connectivity index (χ1) is 9.75. The molecule has 21 heavy (non-hydrogen) atoms. The molecule has 1 fully saturated rings. The molecule has 8 nitrogen and oxygen atoms in total. The lowest BCUT2D eigenvalue weighted by atomic mass is 10.0. The summed E-state index contributed by atoms with van der Waals surface area (Å²) in [5.41, 5.74) is 0.330. The summed E-state index contributed by atoms with van der Waals surface area (Å²) in [5.74, 6) is -0.954. The summed E-state index contributed by atoms with van der Waals surface area (Å²) in [7, 11) is 0. The van der Waals surface area contributed by atoms with Crippen molar-refractivity contribution in [2.45, 2.75) is 46.2 Å². The lowest BCUT2D eigenvalue weighted by Crippen LogP contribution is -2.35. The third-order valence-corrected chi connectivity index (χ3v) is 4.05. The van der Waals surface area contributed by atoms with Crippen molar-refractivity contribution in [3.63, 3.8) is 0 Å². The maximum Gasteiger partial charge on any atom is 0.333 e. The number of aromatic nitrogens is 2. The second kappa shape index (κ2) is 5.34. The van der Waals surface area contributed by atoms with Gasteiger partial charge in [-0.3, -0.25) is 14.9 Å². The van der Waals surface area contributed by atoms with Crippen LogP contribution in [-0.2, 0) is 4.79 Å². The molecule has 116 valence electrons. The normalized spacial score (nSPS) is 22.0. The molecule has 1 aliphatic heterocycles. The fraction of sp³-hybridized carbons (Fsp3) is 0.692. The van der Waals surface area contributed by atoms with Crippen LogP contribution in [0.3, 0.4) is 0 Å². The molecular formula is C13H20N4O4. The monoisotopic (exact) mass is 296 g/mol. The van der Waals surface area contributed by atoms with Gasteiger partial charge >= 0.3 is 11.7 Å². The van der Waals surface area contributed by atoms with E-state index in [9.17, 15) is 20.0 Å². The number of aliphatic carboxylic acids is 1. The summed E-state index contributed by atoms with van der Waals surface area (Å²) < 4.78 is 1.62. The summed E-state index contributed by atoms with van der Waals surface area (Å²) in [6.07, 6.45) is 0.482. The van der Waals surface area contributed by atoms with Crippen LogP contribution in [0.25, 0.3) is 0 Å². The van der Waals surface area contributed by atoms with Crippen LogP contribution in [0.2, 0.25) is 0 Å². The molecule has 1 saturated heterocycles. The van der Waals surface area contributed by atoms with Crippen LogP contribution in [0.1, 0.15) is 38.9 Å². The summed E-state index contributed by atoms with van der Waals surface area (Å²) >= 11 is 0. The molecule has 0 radical (unpaired) electrons. The number of anilines is 1. The van der Waals surface area contributed by atoms with E-state index in [-0.39, 0.29) is 17.8 Å². The van der Waals surface area contributed by atoms with Gasteiger partial charge < -0.3 is 10.0 Å². The van der Waals surface area contributed by atoms with E-state index in [2.05, 4.69) is 5.10 Å².